The number of piperidine rings is 1. The molecule has 2 N–H and O–H groups in total. The van der Waals surface area contributed by atoms with E-state index in [1.807, 2.05) is 0 Å². The van der Waals surface area contributed by atoms with Crippen LogP contribution >= 0.6 is 0 Å². The number of Topliss-reactive ketones (excluding diaryl/α,β-unsaturated/α-hetero) is 1. The SMILES string of the molecule is C.CC(C)(C)OO.O=C1CCNCC1. The lowest BCUT2D eigenvalue weighted by molar-refractivity contribution is -0.306. The smallest absolute Gasteiger partial charge is 0.135 e. The summed E-state index contributed by atoms with van der Waals surface area (Å²) < 4.78 is 0. The van der Waals surface area contributed by atoms with Gasteiger partial charge < -0.3 is 5.32 Å². The van der Waals surface area contributed by atoms with Gasteiger partial charge in [0.2, 0.25) is 0 Å². The molecule has 14 heavy (non-hydrogen) atoms. The average molecular weight is 205 g/mol. The van der Waals surface area contributed by atoms with Crippen LogP contribution in [-0.2, 0) is 9.68 Å². The number of ketones is 1. The first kappa shape index (κ1) is 16.0. The predicted octanol–water partition coefficient (Wildman–Crippen LogP) is 1.85. The molecule has 0 bridgehead atoms. The topological polar surface area (TPSA) is 58.6 Å². The lowest BCUT2D eigenvalue weighted by Crippen LogP contribution is -2.27. The maximum Gasteiger partial charge on any atom is 0.135 e. The molecule has 0 aromatic rings. The van der Waals surface area contributed by atoms with Gasteiger partial charge in [0.25, 0.3) is 0 Å². The van der Waals surface area contributed by atoms with E-state index in [0.29, 0.717) is 5.78 Å². The molecule has 4 heteroatoms. The van der Waals surface area contributed by atoms with Crippen LogP contribution in [0.2, 0.25) is 0 Å². The van der Waals surface area contributed by atoms with Gasteiger partial charge in [0.1, 0.15) is 5.78 Å². The Morgan fingerprint density at radius 2 is 1.64 bits per heavy atom. The minimum absolute atomic E-state index is 0. The van der Waals surface area contributed by atoms with Crippen LogP contribution < -0.4 is 5.32 Å². The van der Waals surface area contributed by atoms with Crippen molar-refractivity contribution in [2.75, 3.05) is 13.1 Å². The summed E-state index contributed by atoms with van der Waals surface area (Å²) in [5.74, 6) is 0.402. The minimum Gasteiger partial charge on any atom is -0.316 e. The van der Waals surface area contributed by atoms with E-state index in [9.17, 15) is 4.79 Å². The first-order chi connectivity index (χ1) is 5.95. The van der Waals surface area contributed by atoms with Gasteiger partial charge in [-0.1, -0.05) is 7.43 Å². The van der Waals surface area contributed by atoms with Gasteiger partial charge in [0.05, 0.1) is 5.60 Å². The van der Waals surface area contributed by atoms with E-state index in [1.165, 1.54) is 0 Å². The molecule has 1 heterocycles. The summed E-state index contributed by atoms with van der Waals surface area (Å²) in [4.78, 5) is 14.4. The molecule has 1 saturated heterocycles. The summed E-state index contributed by atoms with van der Waals surface area (Å²) in [5, 5.41) is 11.0. The molecule has 0 saturated carbocycles. The van der Waals surface area contributed by atoms with Crippen LogP contribution in [0.15, 0.2) is 0 Å². The highest BCUT2D eigenvalue weighted by atomic mass is 17.1. The van der Waals surface area contributed by atoms with Gasteiger partial charge in [0.15, 0.2) is 0 Å². The van der Waals surface area contributed by atoms with Gasteiger partial charge in [-0.05, 0) is 20.8 Å². The van der Waals surface area contributed by atoms with E-state index in [-0.39, 0.29) is 7.43 Å². The Hall–Kier alpha value is -0.450. The molecule has 0 spiro atoms. The standard InChI is InChI=1S/C5H9NO.C4H10O2.CH4/c7-5-1-3-6-4-2-5;1-4(2,3)6-5;/h6H,1-4H2;5H,1-3H3;1H4. The van der Waals surface area contributed by atoms with Crippen LogP contribution in [0.4, 0.5) is 0 Å². The minimum atomic E-state index is -0.403. The third kappa shape index (κ3) is 11.6. The summed E-state index contributed by atoms with van der Waals surface area (Å²) in [6, 6.07) is 0. The monoisotopic (exact) mass is 205 g/mol. The van der Waals surface area contributed by atoms with Crippen molar-refractivity contribution in [3.63, 3.8) is 0 Å². The molecule has 1 rings (SSSR count). The average Bonchev–Trinajstić information content (AvgIpc) is 2.06. The number of carbonyl (C=O) groups is 1. The molecule has 0 radical (unpaired) electrons. The number of rotatable bonds is 0. The van der Waals surface area contributed by atoms with Crippen LogP contribution in [-0.4, -0.2) is 29.7 Å². The van der Waals surface area contributed by atoms with Crippen molar-refractivity contribution >= 4 is 5.78 Å². The van der Waals surface area contributed by atoms with Crippen molar-refractivity contribution in [3.05, 3.63) is 0 Å². The maximum absolute atomic E-state index is 10.4. The number of nitrogens with one attached hydrogen (secondary N) is 1. The molecular formula is C10H23NO3. The Labute approximate surface area is 86.6 Å². The highest BCUT2D eigenvalue weighted by Gasteiger charge is 2.07. The number of hydrogen-bond acceptors (Lipinski definition) is 4. The molecule has 0 atom stereocenters. The largest absolute Gasteiger partial charge is 0.316 e. The van der Waals surface area contributed by atoms with Crippen LogP contribution in [0, 0.1) is 0 Å². The molecule has 0 unspecified atom stereocenters. The van der Waals surface area contributed by atoms with Gasteiger partial charge in [-0.2, -0.15) is 0 Å². The van der Waals surface area contributed by atoms with E-state index in [1.54, 1.807) is 20.8 Å². The molecule has 1 fully saturated rings. The molecule has 1 aliphatic heterocycles. The maximum atomic E-state index is 10.4. The Kier molecular flexibility index (Phi) is 9.04. The summed E-state index contributed by atoms with van der Waals surface area (Å²) in [7, 11) is 0. The molecular weight excluding hydrogens is 182 g/mol. The molecule has 0 aliphatic carbocycles. The second kappa shape index (κ2) is 7.91. The number of hydrogen-bond donors (Lipinski definition) is 2. The van der Waals surface area contributed by atoms with E-state index in [2.05, 4.69) is 10.2 Å². The Morgan fingerprint density at radius 1 is 1.29 bits per heavy atom. The van der Waals surface area contributed by atoms with Gasteiger partial charge in [-0.3, -0.25) is 10.1 Å². The van der Waals surface area contributed by atoms with Crippen molar-refractivity contribution in [2.45, 2.75) is 46.6 Å². The summed E-state index contributed by atoms with van der Waals surface area (Å²) in [5.41, 5.74) is -0.403. The van der Waals surface area contributed by atoms with E-state index >= 15 is 0 Å². The highest BCUT2D eigenvalue weighted by molar-refractivity contribution is 5.79. The Bertz CT molecular complexity index is 144. The van der Waals surface area contributed by atoms with Gasteiger partial charge in [0, 0.05) is 25.9 Å². The third-order valence-electron chi connectivity index (χ3n) is 1.44. The van der Waals surface area contributed by atoms with Crippen molar-refractivity contribution < 1.29 is 14.9 Å². The first-order valence-electron chi connectivity index (χ1n) is 4.51. The Balaban J connectivity index is 0. The molecule has 1 aliphatic rings. The Morgan fingerprint density at radius 3 is 1.79 bits per heavy atom. The zero-order valence-electron chi connectivity index (χ0n) is 8.59. The lowest BCUT2D eigenvalue weighted by atomic mass is 10.1. The second-order valence-corrected chi connectivity index (χ2v) is 3.99. The zero-order valence-corrected chi connectivity index (χ0v) is 8.59. The third-order valence-corrected chi connectivity index (χ3v) is 1.44. The van der Waals surface area contributed by atoms with Crippen molar-refractivity contribution in [1.29, 1.82) is 0 Å². The summed E-state index contributed by atoms with van der Waals surface area (Å²) in [6.45, 7) is 7.09. The first-order valence-corrected chi connectivity index (χ1v) is 4.51. The fourth-order valence-corrected chi connectivity index (χ4v) is 0.706. The normalized spacial score (nSPS) is 16.4. The van der Waals surface area contributed by atoms with Crippen molar-refractivity contribution in [1.82, 2.24) is 5.32 Å². The van der Waals surface area contributed by atoms with E-state index in [0.717, 1.165) is 25.9 Å². The fraction of sp³-hybridized carbons (Fsp3) is 0.900. The highest BCUT2D eigenvalue weighted by Crippen LogP contribution is 2.01. The van der Waals surface area contributed by atoms with Crippen LogP contribution in [0.3, 0.4) is 0 Å². The summed E-state index contributed by atoms with van der Waals surface area (Å²) >= 11 is 0. The van der Waals surface area contributed by atoms with E-state index in [4.69, 9.17) is 5.26 Å². The molecule has 86 valence electrons. The summed E-state index contributed by atoms with van der Waals surface area (Å²) in [6.07, 6.45) is 1.47. The molecule has 0 aromatic heterocycles. The van der Waals surface area contributed by atoms with Crippen molar-refractivity contribution in [2.24, 2.45) is 0 Å². The van der Waals surface area contributed by atoms with Crippen molar-refractivity contribution in [3.8, 4) is 0 Å². The fourth-order valence-electron chi connectivity index (χ4n) is 0.706. The van der Waals surface area contributed by atoms with Gasteiger partial charge >= 0.3 is 0 Å². The quantitative estimate of drug-likeness (QED) is 0.468. The number of carbonyl (C=O) groups excluding carboxylic acids is 1. The molecule has 0 aromatic carbocycles. The van der Waals surface area contributed by atoms with Crippen LogP contribution in [0.25, 0.3) is 0 Å². The van der Waals surface area contributed by atoms with Gasteiger partial charge in [-0.15, -0.1) is 0 Å². The molecule has 4 nitrogen and oxygen atoms in total. The van der Waals surface area contributed by atoms with E-state index < -0.39 is 5.60 Å². The van der Waals surface area contributed by atoms with Crippen LogP contribution in [0.5, 0.6) is 0 Å². The second-order valence-electron chi connectivity index (χ2n) is 3.99. The van der Waals surface area contributed by atoms with Gasteiger partial charge in [-0.25, -0.2) is 4.89 Å². The predicted molar refractivity (Wildman–Crippen MR) is 57.3 cm³/mol. The zero-order chi connectivity index (χ0) is 10.3. The lowest BCUT2D eigenvalue weighted by Gasteiger charge is -2.10. The molecule has 0 amide bonds. The van der Waals surface area contributed by atoms with Crippen LogP contribution in [0.1, 0.15) is 41.0 Å².